The van der Waals surface area contributed by atoms with Crippen LogP contribution < -0.4 is 11.5 Å². The summed E-state index contributed by atoms with van der Waals surface area (Å²) >= 11 is 0. The standard InChI is InChI=1S/CH4N2O.Ag/c2-1(3)4;/h(H4,2,3,4);. The average Bonchev–Trinajstić information content (AvgIpc) is 0.811. The molecule has 1 radical (unpaired) electrons. The number of carbonyl (C=O) groups excluding carboxylic acids is 1. The Bertz CT molecular complexity index is 32.6. The van der Waals surface area contributed by atoms with Crippen LogP contribution in [0.1, 0.15) is 0 Å². The minimum Gasteiger partial charge on any atom is -0.352 e. The first kappa shape index (κ1) is 8.89. The van der Waals surface area contributed by atoms with Crippen LogP contribution in [0.2, 0.25) is 0 Å². The normalized spacial score (nSPS) is 4.80. The van der Waals surface area contributed by atoms with E-state index in [-0.39, 0.29) is 22.4 Å². The summed E-state index contributed by atoms with van der Waals surface area (Å²) in [6.45, 7) is 0. The van der Waals surface area contributed by atoms with E-state index in [4.69, 9.17) is 4.79 Å². The van der Waals surface area contributed by atoms with Crippen LogP contribution >= 0.6 is 0 Å². The fourth-order valence-electron chi connectivity index (χ4n) is 0. The third kappa shape index (κ3) is 154000. The summed E-state index contributed by atoms with van der Waals surface area (Å²) < 4.78 is 0. The molecule has 0 aliphatic heterocycles. The van der Waals surface area contributed by atoms with E-state index in [0.29, 0.717) is 0 Å². The summed E-state index contributed by atoms with van der Waals surface area (Å²) in [5.74, 6) is 0. The third-order valence-electron chi connectivity index (χ3n) is 0. The number of amides is 2. The number of urea groups is 1. The average molecular weight is 168 g/mol. The van der Waals surface area contributed by atoms with Crippen molar-refractivity contribution in [1.82, 2.24) is 0 Å². The number of hydrogen-bond acceptors (Lipinski definition) is 1. The quantitative estimate of drug-likeness (QED) is 0.448. The van der Waals surface area contributed by atoms with Gasteiger partial charge in [0.25, 0.3) is 0 Å². The number of carbonyl (C=O) groups is 1. The molecular formula is CH4AgN2O. The first-order chi connectivity index (χ1) is 1.73. The molecule has 0 rings (SSSR count). The summed E-state index contributed by atoms with van der Waals surface area (Å²) in [5.41, 5.74) is 8.50. The fourth-order valence-corrected chi connectivity index (χ4v) is 0. The van der Waals surface area contributed by atoms with Crippen LogP contribution in [0, 0.1) is 0 Å². The van der Waals surface area contributed by atoms with Crippen molar-refractivity contribution in [2.75, 3.05) is 0 Å². The summed E-state index contributed by atoms with van der Waals surface area (Å²) in [7, 11) is 0. The van der Waals surface area contributed by atoms with Crippen LogP contribution in [0.25, 0.3) is 0 Å². The Balaban J connectivity index is 0. The molecule has 0 atom stereocenters. The Morgan fingerprint density at radius 3 is 1.40 bits per heavy atom. The molecule has 35 valence electrons. The van der Waals surface area contributed by atoms with E-state index >= 15 is 0 Å². The second kappa shape index (κ2) is 4.01. The largest absolute Gasteiger partial charge is 0.352 e. The SMILES string of the molecule is NC(N)=O.[Ag]. The molecule has 2 amide bonds. The van der Waals surface area contributed by atoms with Crippen LogP contribution in [0.5, 0.6) is 0 Å². The summed E-state index contributed by atoms with van der Waals surface area (Å²) in [4.78, 5) is 9.00. The van der Waals surface area contributed by atoms with Crippen molar-refractivity contribution in [3.8, 4) is 0 Å². The van der Waals surface area contributed by atoms with Crippen LogP contribution in [0.4, 0.5) is 4.79 Å². The van der Waals surface area contributed by atoms with Gasteiger partial charge in [-0.15, -0.1) is 0 Å². The van der Waals surface area contributed by atoms with Crippen LogP contribution in [-0.2, 0) is 22.4 Å². The number of rotatable bonds is 0. The van der Waals surface area contributed by atoms with Gasteiger partial charge in [0.05, 0.1) is 0 Å². The van der Waals surface area contributed by atoms with Crippen LogP contribution in [0.15, 0.2) is 0 Å². The van der Waals surface area contributed by atoms with Crippen molar-refractivity contribution < 1.29 is 27.2 Å². The molecule has 0 aromatic carbocycles. The van der Waals surface area contributed by atoms with Gasteiger partial charge >= 0.3 is 6.03 Å². The Kier molecular flexibility index (Phi) is 7.13. The minimum atomic E-state index is -0.833. The number of nitrogens with two attached hydrogens (primary N) is 2. The molecular weight excluding hydrogens is 164 g/mol. The van der Waals surface area contributed by atoms with Crippen molar-refractivity contribution in [1.29, 1.82) is 0 Å². The molecule has 3 nitrogen and oxygen atoms in total. The molecule has 5 heavy (non-hydrogen) atoms. The summed E-state index contributed by atoms with van der Waals surface area (Å²) in [6.07, 6.45) is 0. The van der Waals surface area contributed by atoms with E-state index in [1.807, 2.05) is 0 Å². The fraction of sp³-hybridized carbons (Fsp3) is 0. The zero-order valence-corrected chi connectivity index (χ0v) is 3.85. The van der Waals surface area contributed by atoms with E-state index in [9.17, 15) is 0 Å². The van der Waals surface area contributed by atoms with E-state index in [1.54, 1.807) is 0 Å². The summed E-state index contributed by atoms with van der Waals surface area (Å²) in [6, 6.07) is -0.833. The zero-order valence-electron chi connectivity index (χ0n) is 2.36. The third-order valence-corrected chi connectivity index (χ3v) is 0. The van der Waals surface area contributed by atoms with Gasteiger partial charge in [0.15, 0.2) is 0 Å². The Morgan fingerprint density at radius 2 is 1.40 bits per heavy atom. The van der Waals surface area contributed by atoms with Gasteiger partial charge in [0.2, 0.25) is 0 Å². The number of primary amides is 2. The van der Waals surface area contributed by atoms with Gasteiger partial charge in [0, 0.05) is 22.4 Å². The van der Waals surface area contributed by atoms with Gasteiger partial charge in [-0.25, -0.2) is 4.79 Å². The summed E-state index contributed by atoms with van der Waals surface area (Å²) in [5, 5.41) is 0. The Hall–Kier alpha value is 0.0103. The Morgan fingerprint density at radius 1 is 1.40 bits per heavy atom. The van der Waals surface area contributed by atoms with Gasteiger partial charge in [-0.1, -0.05) is 0 Å². The minimum absolute atomic E-state index is 0. The van der Waals surface area contributed by atoms with E-state index < -0.39 is 6.03 Å². The molecule has 0 unspecified atom stereocenters. The maximum atomic E-state index is 9.00. The van der Waals surface area contributed by atoms with Gasteiger partial charge in [-0.2, -0.15) is 0 Å². The van der Waals surface area contributed by atoms with Crippen molar-refractivity contribution in [2.45, 2.75) is 0 Å². The van der Waals surface area contributed by atoms with Crippen molar-refractivity contribution in [3.05, 3.63) is 0 Å². The Labute approximate surface area is 45.2 Å². The molecule has 0 spiro atoms. The molecule has 0 aliphatic carbocycles. The molecule has 4 heteroatoms. The molecule has 0 aromatic rings. The van der Waals surface area contributed by atoms with Crippen LogP contribution in [-0.4, -0.2) is 6.03 Å². The molecule has 0 saturated heterocycles. The van der Waals surface area contributed by atoms with Crippen molar-refractivity contribution in [2.24, 2.45) is 11.5 Å². The monoisotopic (exact) mass is 167 g/mol. The molecule has 0 aromatic heterocycles. The van der Waals surface area contributed by atoms with Gasteiger partial charge in [-0.3, -0.25) is 0 Å². The van der Waals surface area contributed by atoms with Gasteiger partial charge < -0.3 is 11.5 Å². The van der Waals surface area contributed by atoms with E-state index in [2.05, 4.69) is 11.5 Å². The van der Waals surface area contributed by atoms with Crippen LogP contribution in [0.3, 0.4) is 0 Å². The molecule has 0 bridgehead atoms. The van der Waals surface area contributed by atoms with E-state index in [1.165, 1.54) is 0 Å². The predicted octanol–water partition coefficient (Wildman–Crippen LogP) is -0.979. The molecule has 0 fully saturated rings. The number of hydrogen-bond donors (Lipinski definition) is 2. The zero-order chi connectivity index (χ0) is 3.58. The van der Waals surface area contributed by atoms with Gasteiger partial charge in [-0.05, 0) is 0 Å². The smallest absolute Gasteiger partial charge is 0.309 e. The topological polar surface area (TPSA) is 69.1 Å². The predicted molar refractivity (Wildman–Crippen MR) is 13.8 cm³/mol. The maximum absolute atomic E-state index is 9.00. The second-order valence-electron chi connectivity index (χ2n) is 0.402. The molecule has 0 heterocycles. The van der Waals surface area contributed by atoms with E-state index in [0.717, 1.165) is 0 Å². The van der Waals surface area contributed by atoms with Crippen molar-refractivity contribution >= 4 is 6.03 Å². The molecule has 0 saturated carbocycles. The second-order valence-corrected chi connectivity index (χ2v) is 0.402. The molecule has 0 aliphatic rings. The first-order valence-corrected chi connectivity index (χ1v) is 0.781. The maximum Gasteiger partial charge on any atom is 0.309 e. The molecule has 4 N–H and O–H groups in total. The van der Waals surface area contributed by atoms with Crippen molar-refractivity contribution in [3.63, 3.8) is 0 Å². The van der Waals surface area contributed by atoms with Gasteiger partial charge in [0.1, 0.15) is 0 Å². The first-order valence-electron chi connectivity index (χ1n) is 0.781.